The van der Waals surface area contributed by atoms with Gasteiger partial charge in [-0.25, -0.2) is 0 Å². The van der Waals surface area contributed by atoms with Crippen LogP contribution >= 0.6 is 0 Å². The molecule has 180 valence electrons. The minimum absolute atomic E-state index is 0.0925. The molecule has 0 bridgehead atoms. The Hall–Kier alpha value is -3.52. The summed E-state index contributed by atoms with van der Waals surface area (Å²) in [5.74, 6) is 1.07. The summed E-state index contributed by atoms with van der Waals surface area (Å²) in [7, 11) is 0. The molecule has 0 atom stereocenters. The first-order valence-electron chi connectivity index (χ1n) is 12.6. The van der Waals surface area contributed by atoms with Gasteiger partial charge in [-0.15, -0.1) is 0 Å². The van der Waals surface area contributed by atoms with E-state index in [0.29, 0.717) is 11.5 Å². The summed E-state index contributed by atoms with van der Waals surface area (Å²) in [6, 6.07) is 26.3. The van der Waals surface area contributed by atoms with E-state index in [0.717, 1.165) is 33.4 Å². The molecule has 0 amide bonds. The number of phenolic OH excluding ortho intramolecular Hbond substituents is 2. The number of phenols is 2. The van der Waals surface area contributed by atoms with E-state index in [-0.39, 0.29) is 23.3 Å². The maximum Gasteiger partial charge on any atom is 0.135 e. The Morgan fingerprint density at radius 1 is 0.514 bits per heavy atom. The number of benzene rings is 4. The van der Waals surface area contributed by atoms with E-state index in [1.54, 1.807) is 0 Å². The van der Waals surface area contributed by atoms with Gasteiger partial charge < -0.3 is 10.2 Å². The van der Waals surface area contributed by atoms with Crippen LogP contribution in [-0.4, -0.2) is 10.2 Å². The molecule has 2 heteroatoms. The zero-order valence-corrected chi connectivity index (χ0v) is 21.6. The highest BCUT2D eigenvalue weighted by Crippen LogP contribution is 2.52. The molecule has 0 fully saturated rings. The summed E-state index contributed by atoms with van der Waals surface area (Å²) >= 11 is 0. The Labute approximate surface area is 209 Å². The van der Waals surface area contributed by atoms with Gasteiger partial charge >= 0.3 is 0 Å². The van der Waals surface area contributed by atoms with Crippen LogP contribution < -0.4 is 0 Å². The predicted molar refractivity (Wildman–Crippen MR) is 148 cm³/mol. The number of hydrogen-bond acceptors (Lipinski definition) is 2. The van der Waals surface area contributed by atoms with E-state index in [2.05, 4.69) is 59.7 Å². The van der Waals surface area contributed by atoms with Crippen molar-refractivity contribution in [2.24, 2.45) is 0 Å². The second-order valence-electron chi connectivity index (χ2n) is 10.3. The van der Waals surface area contributed by atoms with Crippen LogP contribution in [-0.2, 0) is 0 Å². The van der Waals surface area contributed by atoms with Crippen LogP contribution in [0.5, 0.6) is 11.5 Å². The van der Waals surface area contributed by atoms with Crippen molar-refractivity contribution in [3.8, 4) is 44.9 Å². The zero-order chi connectivity index (χ0) is 25.3. The maximum absolute atomic E-state index is 12.0. The normalized spacial score (nSPS) is 11.6. The average Bonchev–Trinajstić information content (AvgIpc) is 2.84. The smallest absolute Gasteiger partial charge is 0.135 e. The lowest BCUT2D eigenvalue weighted by atomic mass is 9.81. The van der Waals surface area contributed by atoms with Gasteiger partial charge in [-0.1, -0.05) is 114 Å². The van der Waals surface area contributed by atoms with Gasteiger partial charge in [0, 0.05) is 5.56 Å². The summed E-state index contributed by atoms with van der Waals surface area (Å²) in [5.41, 5.74) is 8.51. The van der Waals surface area contributed by atoms with Gasteiger partial charge in [-0.05, 0) is 62.8 Å². The predicted octanol–water partition coefficient (Wildman–Crippen LogP) is 9.47. The number of rotatable bonds is 6. The van der Waals surface area contributed by atoms with Crippen molar-refractivity contribution in [3.63, 3.8) is 0 Å². The quantitative estimate of drug-likeness (QED) is 0.298. The van der Waals surface area contributed by atoms with Gasteiger partial charge in [0.05, 0.1) is 5.56 Å². The monoisotopic (exact) mass is 464 g/mol. The lowest BCUT2D eigenvalue weighted by molar-refractivity contribution is 0.455. The maximum atomic E-state index is 12.0. The van der Waals surface area contributed by atoms with Crippen molar-refractivity contribution in [1.29, 1.82) is 0 Å². The molecule has 0 aliphatic rings. The molecule has 0 aliphatic heterocycles. The van der Waals surface area contributed by atoms with Crippen molar-refractivity contribution >= 4 is 0 Å². The van der Waals surface area contributed by atoms with Gasteiger partial charge in [-0.3, -0.25) is 0 Å². The summed E-state index contributed by atoms with van der Waals surface area (Å²) in [6.07, 6.45) is 0. The van der Waals surface area contributed by atoms with Crippen LogP contribution in [0.2, 0.25) is 0 Å². The van der Waals surface area contributed by atoms with Crippen molar-refractivity contribution in [3.05, 3.63) is 95.6 Å². The second kappa shape index (κ2) is 10.00. The van der Waals surface area contributed by atoms with Crippen molar-refractivity contribution in [2.75, 3.05) is 0 Å². The third-order valence-electron chi connectivity index (χ3n) is 6.83. The minimum Gasteiger partial charge on any atom is -0.507 e. The summed E-state index contributed by atoms with van der Waals surface area (Å²) in [4.78, 5) is 0. The molecular formula is C33H36O2. The van der Waals surface area contributed by atoms with E-state index in [1.807, 2.05) is 60.7 Å². The molecule has 0 saturated heterocycles. The first-order chi connectivity index (χ1) is 16.7. The molecule has 0 aliphatic carbocycles. The van der Waals surface area contributed by atoms with Crippen LogP contribution in [0.15, 0.2) is 78.9 Å². The second-order valence-corrected chi connectivity index (χ2v) is 10.3. The van der Waals surface area contributed by atoms with Gasteiger partial charge in [0.15, 0.2) is 0 Å². The van der Waals surface area contributed by atoms with Crippen LogP contribution in [0.1, 0.15) is 76.0 Å². The van der Waals surface area contributed by atoms with Crippen LogP contribution in [0.3, 0.4) is 0 Å². The van der Waals surface area contributed by atoms with Gasteiger partial charge in [0.1, 0.15) is 11.5 Å². The lowest BCUT2D eigenvalue weighted by Gasteiger charge is -2.24. The molecule has 0 unspecified atom stereocenters. The van der Waals surface area contributed by atoms with Crippen LogP contribution in [0.4, 0.5) is 0 Å². The SMILES string of the molecule is CC(C)c1ccccc1-c1c(-c2ccccc2)cc(O)c(-c2cccc(C(C)C)c2C(C)C)c1O. The van der Waals surface area contributed by atoms with E-state index < -0.39 is 0 Å². The Balaban J connectivity index is 2.14. The molecule has 0 saturated carbocycles. The fourth-order valence-corrected chi connectivity index (χ4v) is 5.22. The van der Waals surface area contributed by atoms with E-state index in [9.17, 15) is 10.2 Å². The van der Waals surface area contributed by atoms with Crippen molar-refractivity contribution in [1.82, 2.24) is 0 Å². The molecule has 0 radical (unpaired) electrons. The Bertz CT molecular complexity index is 1330. The largest absolute Gasteiger partial charge is 0.507 e. The molecular weight excluding hydrogens is 428 g/mol. The van der Waals surface area contributed by atoms with E-state index in [4.69, 9.17) is 0 Å². The van der Waals surface area contributed by atoms with E-state index in [1.165, 1.54) is 11.1 Å². The first-order valence-corrected chi connectivity index (χ1v) is 12.6. The third-order valence-corrected chi connectivity index (χ3v) is 6.83. The lowest BCUT2D eigenvalue weighted by Crippen LogP contribution is -2.02. The highest BCUT2D eigenvalue weighted by atomic mass is 16.3. The van der Waals surface area contributed by atoms with Gasteiger partial charge in [-0.2, -0.15) is 0 Å². The summed E-state index contributed by atoms with van der Waals surface area (Å²) in [6.45, 7) is 13.1. The molecule has 2 nitrogen and oxygen atoms in total. The first kappa shape index (κ1) is 24.6. The molecule has 4 aromatic carbocycles. The standard InChI is InChI=1S/C33H36O2/c1-20(2)24-15-10-11-16-26(24)31-28(23-13-8-7-9-14-23)19-29(34)32(33(31)35)27-18-12-17-25(21(3)4)30(27)22(5)6/h7-22,34-35H,1-6H3. The summed E-state index contributed by atoms with van der Waals surface area (Å²) < 4.78 is 0. The zero-order valence-electron chi connectivity index (χ0n) is 21.6. The molecule has 2 N–H and O–H groups in total. The summed E-state index contributed by atoms with van der Waals surface area (Å²) in [5, 5.41) is 23.4. The highest BCUT2D eigenvalue weighted by molar-refractivity contribution is 5.97. The van der Waals surface area contributed by atoms with Gasteiger partial charge in [0.25, 0.3) is 0 Å². The van der Waals surface area contributed by atoms with Crippen molar-refractivity contribution in [2.45, 2.75) is 59.3 Å². The molecule has 4 aromatic rings. The molecule has 35 heavy (non-hydrogen) atoms. The van der Waals surface area contributed by atoms with Crippen molar-refractivity contribution < 1.29 is 10.2 Å². The third kappa shape index (κ3) is 4.58. The Kier molecular flexibility index (Phi) is 7.03. The number of aromatic hydroxyl groups is 2. The molecule has 0 spiro atoms. The fraction of sp³-hybridized carbons (Fsp3) is 0.273. The van der Waals surface area contributed by atoms with E-state index >= 15 is 0 Å². The average molecular weight is 465 g/mol. The Morgan fingerprint density at radius 3 is 1.71 bits per heavy atom. The van der Waals surface area contributed by atoms with Crippen LogP contribution in [0.25, 0.3) is 33.4 Å². The fourth-order valence-electron chi connectivity index (χ4n) is 5.22. The molecule has 0 aromatic heterocycles. The van der Waals surface area contributed by atoms with Crippen LogP contribution in [0, 0.1) is 0 Å². The Morgan fingerprint density at radius 2 is 1.09 bits per heavy atom. The molecule has 4 rings (SSSR count). The minimum atomic E-state index is 0.0925. The van der Waals surface area contributed by atoms with Gasteiger partial charge in [0.2, 0.25) is 0 Å². The topological polar surface area (TPSA) is 40.5 Å². The number of hydrogen-bond donors (Lipinski definition) is 2. The molecule has 0 heterocycles. The highest BCUT2D eigenvalue weighted by Gasteiger charge is 2.26.